The van der Waals surface area contributed by atoms with Crippen molar-refractivity contribution in [3.63, 3.8) is 0 Å². The minimum absolute atomic E-state index is 0.279. The summed E-state index contributed by atoms with van der Waals surface area (Å²) in [5.41, 5.74) is 2.82. The summed E-state index contributed by atoms with van der Waals surface area (Å²) < 4.78 is 50.5. The summed E-state index contributed by atoms with van der Waals surface area (Å²) in [5, 5.41) is 4.27. The van der Waals surface area contributed by atoms with E-state index in [4.69, 9.17) is 20.8 Å². The van der Waals surface area contributed by atoms with Crippen LogP contribution in [0, 0.1) is 0 Å². The first kappa shape index (κ1) is 22.9. The molecule has 0 aliphatic carbocycles. The summed E-state index contributed by atoms with van der Waals surface area (Å²) in [7, 11) is 0. The zero-order valence-corrected chi connectivity index (χ0v) is 19.4. The average molecular weight is 522 g/mol. The molecule has 0 spiro atoms. The van der Waals surface area contributed by atoms with E-state index in [0.29, 0.717) is 50.2 Å². The van der Waals surface area contributed by atoms with Crippen LogP contribution < -0.4 is 10.1 Å². The molecule has 6 aromatic rings. The van der Waals surface area contributed by atoms with E-state index in [1.165, 1.54) is 18.5 Å². The minimum Gasteiger partial charge on any atom is -0.438 e. The molecule has 0 fully saturated rings. The number of rotatable bonds is 5. The molecule has 37 heavy (non-hydrogen) atoms. The summed E-state index contributed by atoms with van der Waals surface area (Å²) in [6, 6.07) is 19.2. The number of nitrogens with one attached hydrogen (secondary N) is 2. The van der Waals surface area contributed by atoms with Crippen LogP contribution in [0.15, 0.2) is 83.5 Å². The van der Waals surface area contributed by atoms with Crippen LogP contribution in [0.5, 0.6) is 11.6 Å². The lowest BCUT2D eigenvalue weighted by atomic mass is 10.1. The number of aromatic amines is 1. The molecular formula is C26H15ClF3N5O2. The smallest absolute Gasteiger partial charge is 0.416 e. The summed E-state index contributed by atoms with van der Waals surface area (Å²) in [6.07, 6.45) is -3.06. The fourth-order valence-corrected chi connectivity index (χ4v) is 3.91. The second-order valence-electron chi connectivity index (χ2n) is 8.08. The van der Waals surface area contributed by atoms with E-state index in [1.807, 2.05) is 12.1 Å². The van der Waals surface area contributed by atoms with Gasteiger partial charge in [-0.2, -0.15) is 18.2 Å². The molecule has 0 unspecified atom stereocenters. The van der Waals surface area contributed by atoms with Crippen molar-refractivity contribution in [3.8, 4) is 22.9 Å². The van der Waals surface area contributed by atoms with E-state index in [1.54, 1.807) is 36.4 Å². The average Bonchev–Trinajstić information content (AvgIpc) is 3.49. The molecule has 0 radical (unpaired) electrons. The third-order valence-electron chi connectivity index (χ3n) is 5.58. The first-order chi connectivity index (χ1) is 17.8. The van der Waals surface area contributed by atoms with Gasteiger partial charge in [-0.05, 0) is 60.2 Å². The predicted molar refractivity (Wildman–Crippen MR) is 133 cm³/mol. The highest BCUT2D eigenvalue weighted by atomic mass is 35.5. The Labute approximate surface area is 211 Å². The Morgan fingerprint density at radius 1 is 0.919 bits per heavy atom. The SMILES string of the molecule is FC(F)(F)c1ccc(-c2cc3c(Oc4ccc5oc(Nc6ccc(Cl)cc6)nc5c4)ncnc3[nH]2)cc1. The van der Waals surface area contributed by atoms with Crippen LogP contribution in [0.25, 0.3) is 33.4 Å². The number of alkyl halides is 3. The van der Waals surface area contributed by atoms with Crippen molar-refractivity contribution in [2.45, 2.75) is 6.18 Å². The Bertz CT molecular complexity index is 1730. The number of H-pyrrole nitrogens is 1. The van der Waals surface area contributed by atoms with Gasteiger partial charge in [-0.15, -0.1) is 0 Å². The number of nitrogens with zero attached hydrogens (tertiary/aromatic N) is 3. The number of oxazole rings is 1. The highest BCUT2D eigenvalue weighted by molar-refractivity contribution is 6.30. The normalized spacial score (nSPS) is 11.8. The van der Waals surface area contributed by atoms with Gasteiger partial charge in [0.1, 0.15) is 23.2 Å². The Morgan fingerprint density at radius 2 is 1.70 bits per heavy atom. The molecule has 0 saturated carbocycles. The monoisotopic (exact) mass is 521 g/mol. The van der Waals surface area contributed by atoms with Crippen LogP contribution in [0.2, 0.25) is 5.02 Å². The molecule has 0 amide bonds. The van der Waals surface area contributed by atoms with E-state index in [-0.39, 0.29) is 5.88 Å². The van der Waals surface area contributed by atoms with E-state index in [9.17, 15) is 13.2 Å². The van der Waals surface area contributed by atoms with Crippen LogP contribution in [0.3, 0.4) is 0 Å². The molecule has 0 aliphatic rings. The highest BCUT2D eigenvalue weighted by Gasteiger charge is 2.30. The molecule has 3 heterocycles. The van der Waals surface area contributed by atoms with Crippen LogP contribution >= 0.6 is 11.6 Å². The number of ether oxygens (including phenoxy) is 1. The number of fused-ring (bicyclic) bond motifs is 2. The fourth-order valence-electron chi connectivity index (χ4n) is 3.79. The standard InChI is InChI=1S/C26H15ClF3N5O2/c27-16-5-7-17(8-6-16)33-25-35-21-11-18(9-10-22(21)37-25)36-24-19-12-20(34-23(19)31-13-32-24)14-1-3-15(4-2-14)26(28,29)30/h1-13H,(H,33,35)(H,31,32,34). The number of halogens is 4. The lowest BCUT2D eigenvalue weighted by Crippen LogP contribution is -2.03. The molecule has 0 atom stereocenters. The van der Waals surface area contributed by atoms with E-state index in [0.717, 1.165) is 17.8 Å². The number of benzene rings is 3. The predicted octanol–water partition coefficient (Wildman–Crippen LogP) is 7.97. The third kappa shape index (κ3) is 4.66. The number of aromatic nitrogens is 4. The Balaban J connectivity index is 1.26. The maximum atomic E-state index is 12.9. The van der Waals surface area contributed by atoms with Crippen LogP contribution in [0.1, 0.15) is 5.56 Å². The van der Waals surface area contributed by atoms with E-state index >= 15 is 0 Å². The number of hydrogen-bond donors (Lipinski definition) is 2. The first-order valence-corrected chi connectivity index (χ1v) is 11.3. The quantitative estimate of drug-likeness (QED) is 0.239. The van der Waals surface area contributed by atoms with Gasteiger partial charge in [0.15, 0.2) is 5.58 Å². The summed E-state index contributed by atoms with van der Waals surface area (Å²) in [4.78, 5) is 16.0. The van der Waals surface area contributed by atoms with Gasteiger partial charge in [0.25, 0.3) is 6.01 Å². The zero-order valence-electron chi connectivity index (χ0n) is 18.7. The van der Waals surface area contributed by atoms with Crippen LogP contribution in [-0.4, -0.2) is 19.9 Å². The van der Waals surface area contributed by atoms with E-state index < -0.39 is 11.7 Å². The maximum absolute atomic E-state index is 12.9. The molecule has 3 aromatic heterocycles. The molecule has 0 saturated heterocycles. The van der Waals surface area contributed by atoms with Crippen LogP contribution in [-0.2, 0) is 6.18 Å². The van der Waals surface area contributed by atoms with Gasteiger partial charge in [0.05, 0.1) is 10.9 Å². The molecule has 0 aliphatic heterocycles. The van der Waals surface area contributed by atoms with Gasteiger partial charge in [0, 0.05) is 22.5 Å². The lowest BCUT2D eigenvalue weighted by molar-refractivity contribution is -0.137. The summed E-state index contributed by atoms with van der Waals surface area (Å²) in [5.74, 6) is 0.748. The molecule has 11 heteroatoms. The second kappa shape index (κ2) is 8.82. The van der Waals surface area contributed by atoms with Crippen molar-refractivity contribution in [1.29, 1.82) is 0 Å². The molecule has 6 rings (SSSR count). The van der Waals surface area contributed by atoms with Gasteiger partial charge in [0.2, 0.25) is 5.88 Å². The molecular weight excluding hydrogens is 507 g/mol. The molecule has 184 valence electrons. The molecule has 7 nitrogen and oxygen atoms in total. The van der Waals surface area contributed by atoms with Gasteiger partial charge in [-0.25, -0.2) is 9.97 Å². The Hall–Kier alpha value is -4.57. The van der Waals surface area contributed by atoms with Crippen molar-refractivity contribution in [3.05, 3.63) is 89.7 Å². The summed E-state index contributed by atoms with van der Waals surface area (Å²) in [6.45, 7) is 0. The lowest BCUT2D eigenvalue weighted by Gasteiger charge is -2.06. The van der Waals surface area contributed by atoms with E-state index in [2.05, 4.69) is 25.3 Å². The van der Waals surface area contributed by atoms with Crippen molar-refractivity contribution in [2.75, 3.05) is 5.32 Å². The topological polar surface area (TPSA) is 88.9 Å². The largest absolute Gasteiger partial charge is 0.438 e. The van der Waals surface area contributed by atoms with Gasteiger partial charge in [-0.1, -0.05) is 23.7 Å². The highest BCUT2D eigenvalue weighted by Crippen LogP contribution is 2.34. The third-order valence-corrected chi connectivity index (χ3v) is 5.83. The van der Waals surface area contributed by atoms with Crippen molar-refractivity contribution >= 4 is 45.4 Å². The van der Waals surface area contributed by atoms with Gasteiger partial charge in [-0.3, -0.25) is 0 Å². The Kier molecular flexibility index (Phi) is 5.45. The van der Waals surface area contributed by atoms with Gasteiger partial charge >= 0.3 is 6.18 Å². The first-order valence-electron chi connectivity index (χ1n) is 10.9. The second-order valence-corrected chi connectivity index (χ2v) is 8.52. The molecule has 0 bridgehead atoms. The maximum Gasteiger partial charge on any atom is 0.416 e. The van der Waals surface area contributed by atoms with Crippen LogP contribution in [0.4, 0.5) is 24.9 Å². The molecule has 2 N–H and O–H groups in total. The molecule has 3 aromatic carbocycles. The summed E-state index contributed by atoms with van der Waals surface area (Å²) >= 11 is 5.92. The van der Waals surface area contributed by atoms with Gasteiger partial charge < -0.3 is 19.5 Å². The Morgan fingerprint density at radius 3 is 2.46 bits per heavy atom. The number of anilines is 2. The fraction of sp³-hybridized carbons (Fsp3) is 0.0385. The van der Waals surface area contributed by atoms with Crippen molar-refractivity contribution in [2.24, 2.45) is 0 Å². The zero-order chi connectivity index (χ0) is 25.6. The van der Waals surface area contributed by atoms with Crippen molar-refractivity contribution in [1.82, 2.24) is 19.9 Å². The van der Waals surface area contributed by atoms with Crippen molar-refractivity contribution < 1.29 is 22.3 Å². The minimum atomic E-state index is -4.40. The number of hydrogen-bond acceptors (Lipinski definition) is 6.